The fraction of sp³-hybridized carbons (Fsp3) is 0.480. The van der Waals surface area contributed by atoms with Gasteiger partial charge in [-0.1, -0.05) is 19.8 Å². The molecule has 2 aromatic rings. The van der Waals surface area contributed by atoms with E-state index in [9.17, 15) is 14.3 Å². The maximum absolute atomic E-state index is 14.5. The zero-order valence-electron chi connectivity index (χ0n) is 19.9. The van der Waals surface area contributed by atoms with Crippen LogP contribution in [-0.2, 0) is 4.79 Å². The fourth-order valence-corrected chi connectivity index (χ4v) is 4.54. The van der Waals surface area contributed by atoms with E-state index >= 15 is 0 Å². The first-order valence-corrected chi connectivity index (χ1v) is 11.5. The smallest absolute Gasteiger partial charge is 0.243 e. The number of carbonyl (C=O) groups is 1. The number of nitrogens with one attached hydrogen (secondary N) is 2. The second-order valence-electron chi connectivity index (χ2n) is 8.92. The Labute approximate surface area is 195 Å². The zero-order chi connectivity index (χ0) is 24.0. The predicted molar refractivity (Wildman–Crippen MR) is 130 cm³/mol. The molecule has 1 aromatic heterocycles. The standard InChI is InChI=1S/C25H34FN5O2/c1-5-28-25(2)13-7-6-8-18(16-25)31(4)23-11-10-21(29-30-23)19-15-20(26)17(14-22(19)32)9-12-24(33)27-3/h9-12,14-15,18,28,32H,5-8,13,16H2,1-4H3,(H,27,33)/b12-9+/t18-,25+/m0/s1. The number of rotatable bonds is 7. The maximum Gasteiger partial charge on any atom is 0.243 e. The molecule has 0 spiro atoms. The Morgan fingerprint density at radius 1 is 1.33 bits per heavy atom. The molecule has 0 unspecified atom stereocenters. The number of likely N-dealkylation sites (N-methyl/N-ethyl adjacent to an activating group) is 1. The van der Waals surface area contributed by atoms with Gasteiger partial charge in [-0.05, 0) is 63.1 Å². The quantitative estimate of drug-likeness (QED) is 0.434. The van der Waals surface area contributed by atoms with Gasteiger partial charge >= 0.3 is 0 Å². The molecule has 3 N–H and O–H groups in total. The molecular weight excluding hydrogens is 421 g/mol. The van der Waals surface area contributed by atoms with Gasteiger partial charge in [0.1, 0.15) is 11.6 Å². The Kier molecular flexibility index (Phi) is 8.02. The number of carbonyl (C=O) groups excluding carboxylic acids is 1. The number of benzene rings is 1. The van der Waals surface area contributed by atoms with Crippen molar-refractivity contribution in [3.63, 3.8) is 0 Å². The van der Waals surface area contributed by atoms with Gasteiger partial charge in [0, 0.05) is 42.9 Å². The van der Waals surface area contributed by atoms with Gasteiger partial charge in [-0.2, -0.15) is 0 Å². The van der Waals surface area contributed by atoms with Crippen molar-refractivity contribution in [2.75, 3.05) is 25.5 Å². The molecule has 1 heterocycles. The largest absolute Gasteiger partial charge is 0.507 e. The first kappa shape index (κ1) is 24.6. The average molecular weight is 456 g/mol. The monoisotopic (exact) mass is 455 g/mol. The highest BCUT2D eigenvalue weighted by atomic mass is 19.1. The number of phenolic OH excluding ortho intramolecular Hbond substituents is 1. The topological polar surface area (TPSA) is 90.4 Å². The van der Waals surface area contributed by atoms with Crippen LogP contribution in [-0.4, -0.2) is 53.4 Å². The summed E-state index contributed by atoms with van der Waals surface area (Å²) in [6.07, 6.45) is 8.18. The van der Waals surface area contributed by atoms with Crippen LogP contribution in [0.1, 0.15) is 51.5 Å². The minimum Gasteiger partial charge on any atom is -0.507 e. The molecule has 2 atom stereocenters. The molecule has 1 saturated carbocycles. The molecule has 1 aliphatic carbocycles. The van der Waals surface area contributed by atoms with Crippen molar-refractivity contribution < 1.29 is 14.3 Å². The van der Waals surface area contributed by atoms with Crippen molar-refractivity contribution >= 4 is 17.8 Å². The summed E-state index contributed by atoms with van der Waals surface area (Å²) in [5, 5.41) is 25.1. The predicted octanol–water partition coefficient (Wildman–Crippen LogP) is 3.88. The van der Waals surface area contributed by atoms with Gasteiger partial charge in [0.05, 0.1) is 5.69 Å². The van der Waals surface area contributed by atoms with Crippen LogP contribution in [0, 0.1) is 5.82 Å². The van der Waals surface area contributed by atoms with E-state index in [0.717, 1.165) is 31.6 Å². The van der Waals surface area contributed by atoms with Gasteiger partial charge in [0.25, 0.3) is 0 Å². The molecule has 1 aromatic carbocycles. The number of amides is 1. The Morgan fingerprint density at radius 3 is 2.79 bits per heavy atom. The third-order valence-corrected chi connectivity index (χ3v) is 6.42. The van der Waals surface area contributed by atoms with Gasteiger partial charge < -0.3 is 20.6 Å². The molecule has 0 bridgehead atoms. The number of nitrogens with zero attached hydrogens (tertiary/aromatic N) is 3. The summed E-state index contributed by atoms with van der Waals surface area (Å²) in [4.78, 5) is 13.5. The van der Waals surface area contributed by atoms with Crippen LogP contribution >= 0.6 is 0 Å². The summed E-state index contributed by atoms with van der Waals surface area (Å²) in [6, 6.07) is 6.43. The number of anilines is 1. The SMILES string of the molecule is CCN[C@]1(C)CCCC[C@H](N(C)c2ccc(-c3cc(F)c(/C=C/C(=O)NC)cc3O)nn2)C1. The van der Waals surface area contributed by atoms with Crippen LogP contribution in [0.5, 0.6) is 5.75 Å². The number of hydrogen-bond acceptors (Lipinski definition) is 6. The van der Waals surface area contributed by atoms with Crippen molar-refractivity contribution in [2.24, 2.45) is 0 Å². The van der Waals surface area contributed by atoms with Gasteiger partial charge in [-0.3, -0.25) is 4.79 Å². The first-order chi connectivity index (χ1) is 15.8. The lowest BCUT2D eigenvalue weighted by atomic mass is 9.90. The van der Waals surface area contributed by atoms with Gasteiger partial charge in [0.2, 0.25) is 5.91 Å². The number of aromatic nitrogens is 2. The minimum atomic E-state index is -0.563. The third kappa shape index (κ3) is 6.07. The summed E-state index contributed by atoms with van der Waals surface area (Å²) >= 11 is 0. The molecule has 3 rings (SSSR count). The van der Waals surface area contributed by atoms with Crippen molar-refractivity contribution in [3.8, 4) is 17.0 Å². The van der Waals surface area contributed by atoms with Crippen LogP contribution in [0.15, 0.2) is 30.3 Å². The van der Waals surface area contributed by atoms with Crippen LogP contribution in [0.2, 0.25) is 0 Å². The van der Waals surface area contributed by atoms with Crippen molar-refractivity contribution in [1.29, 1.82) is 0 Å². The van der Waals surface area contributed by atoms with Crippen molar-refractivity contribution in [3.05, 3.63) is 41.7 Å². The molecule has 178 valence electrons. The lowest BCUT2D eigenvalue weighted by Gasteiger charge is -2.36. The molecular formula is C25H34FN5O2. The molecule has 1 fully saturated rings. The van der Waals surface area contributed by atoms with Gasteiger partial charge in [-0.15, -0.1) is 10.2 Å². The van der Waals surface area contributed by atoms with E-state index in [0.29, 0.717) is 11.7 Å². The Morgan fingerprint density at radius 2 is 2.12 bits per heavy atom. The Hall–Kier alpha value is -3.00. The van der Waals surface area contributed by atoms with Crippen LogP contribution in [0.3, 0.4) is 0 Å². The van der Waals surface area contributed by atoms with Crippen LogP contribution in [0.25, 0.3) is 17.3 Å². The molecule has 1 amide bonds. The summed E-state index contributed by atoms with van der Waals surface area (Å²) < 4.78 is 14.5. The van der Waals surface area contributed by atoms with E-state index in [1.165, 1.54) is 44.2 Å². The highest BCUT2D eigenvalue weighted by molar-refractivity contribution is 5.91. The van der Waals surface area contributed by atoms with E-state index in [1.54, 1.807) is 6.07 Å². The summed E-state index contributed by atoms with van der Waals surface area (Å²) in [7, 11) is 3.52. The van der Waals surface area contributed by atoms with E-state index < -0.39 is 5.82 Å². The molecule has 7 nitrogen and oxygen atoms in total. The second kappa shape index (κ2) is 10.7. The number of halogens is 1. The highest BCUT2D eigenvalue weighted by Gasteiger charge is 2.32. The van der Waals surface area contributed by atoms with Gasteiger partial charge in [0.15, 0.2) is 5.82 Å². The van der Waals surface area contributed by atoms with Gasteiger partial charge in [-0.25, -0.2) is 4.39 Å². The molecule has 8 heteroatoms. The Bertz CT molecular complexity index is 995. The van der Waals surface area contributed by atoms with Crippen LogP contribution < -0.4 is 15.5 Å². The van der Waals surface area contributed by atoms with E-state index in [1.807, 2.05) is 13.1 Å². The molecule has 0 aliphatic heterocycles. The maximum atomic E-state index is 14.5. The summed E-state index contributed by atoms with van der Waals surface area (Å²) in [5.41, 5.74) is 0.847. The average Bonchev–Trinajstić information content (AvgIpc) is 3.00. The molecule has 0 radical (unpaired) electrons. The van der Waals surface area contributed by atoms with Crippen LogP contribution in [0.4, 0.5) is 10.2 Å². The number of phenols is 1. The van der Waals surface area contributed by atoms with E-state index in [-0.39, 0.29) is 28.3 Å². The molecule has 33 heavy (non-hydrogen) atoms. The van der Waals surface area contributed by atoms with Crippen molar-refractivity contribution in [1.82, 2.24) is 20.8 Å². The lowest BCUT2D eigenvalue weighted by Crippen LogP contribution is -2.47. The minimum absolute atomic E-state index is 0.106. The second-order valence-corrected chi connectivity index (χ2v) is 8.92. The fourth-order valence-electron chi connectivity index (χ4n) is 4.54. The molecule has 0 saturated heterocycles. The Balaban J connectivity index is 1.79. The van der Waals surface area contributed by atoms with E-state index in [4.69, 9.17) is 0 Å². The summed E-state index contributed by atoms with van der Waals surface area (Å²) in [5.74, 6) is -0.307. The molecule has 1 aliphatic rings. The highest BCUT2D eigenvalue weighted by Crippen LogP contribution is 2.33. The normalized spacial score (nSPS) is 21.1. The van der Waals surface area contributed by atoms with Crippen molar-refractivity contribution in [2.45, 2.75) is 57.5 Å². The summed E-state index contributed by atoms with van der Waals surface area (Å²) in [6.45, 7) is 5.38. The lowest BCUT2D eigenvalue weighted by molar-refractivity contribution is -0.115. The number of hydrogen-bond donors (Lipinski definition) is 3. The zero-order valence-corrected chi connectivity index (χ0v) is 19.9. The number of aromatic hydroxyl groups is 1. The van der Waals surface area contributed by atoms with E-state index in [2.05, 4.69) is 39.6 Å². The third-order valence-electron chi connectivity index (χ3n) is 6.42. The first-order valence-electron chi connectivity index (χ1n) is 11.5.